The number of carbonyl (C=O) groups excluding carboxylic acids is 2. The summed E-state index contributed by atoms with van der Waals surface area (Å²) in [5, 5.41) is 2.96. The number of amides is 2. The molecule has 2 amide bonds. The lowest BCUT2D eigenvalue weighted by molar-refractivity contribution is -0.121. The molecule has 1 aromatic heterocycles. The Morgan fingerprint density at radius 1 is 1.11 bits per heavy atom. The summed E-state index contributed by atoms with van der Waals surface area (Å²) in [6.45, 7) is 1.85. The van der Waals surface area contributed by atoms with Gasteiger partial charge in [-0.05, 0) is 61.4 Å². The molecule has 1 N–H and O–H groups in total. The summed E-state index contributed by atoms with van der Waals surface area (Å²) >= 11 is 0. The number of benzene rings is 1. The third-order valence-electron chi connectivity index (χ3n) is 5.27. The van der Waals surface area contributed by atoms with Gasteiger partial charge in [-0.15, -0.1) is 0 Å². The van der Waals surface area contributed by atoms with Crippen molar-refractivity contribution < 1.29 is 14.0 Å². The van der Waals surface area contributed by atoms with Crippen LogP contribution in [-0.2, 0) is 11.2 Å². The number of hydrogen-bond donors (Lipinski definition) is 1. The number of aromatic nitrogens is 1. The molecular weight excluding hydrogens is 357 g/mol. The van der Waals surface area contributed by atoms with Gasteiger partial charge in [-0.3, -0.25) is 14.6 Å². The highest BCUT2D eigenvalue weighted by Crippen LogP contribution is 2.23. The van der Waals surface area contributed by atoms with Gasteiger partial charge in [-0.2, -0.15) is 0 Å². The number of likely N-dealkylation sites (tertiary alicyclic amines) is 1. The second-order valence-corrected chi connectivity index (χ2v) is 7.21. The van der Waals surface area contributed by atoms with Crippen LogP contribution in [0.5, 0.6) is 0 Å². The lowest BCUT2D eigenvalue weighted by atomic mass is 9.91. The van der Waals surface area contributed by atoms with Gasteiger partial charge in [0.05, 0.1) is 5.56 Å². The zero-order chi connectivity index (χ0) is 19.8. The maximum Gasteiger partial charge on any atom is 0.256 e. The van der Waals surface area contributed by atoms with Crippen LogP contribution in [-0.4, -0.2) is 41.3 Å². The molecule has 0 unspecified atom stereocenters. The predicted molar refractivity (Wildman–Crippen MR) is 105 cm³/mol. The van der Waals surface area contributed by atoms with Crippen molar-refractivity contribution in [1.29, 1.82) is 0 Å². The number of carbonyl (C=O) groups is 2. The van der Waals surface area contributed by atoms with Crippen LogP contribution >= 0.6 is 0 Å². The van der Waals surface area contributed by atoms with E-state index >= 15 is 0 Å². The topological polar surface area (TPSA) is 62.3 Å². The highest BCUT2D eigenvalue weighted by molar-refractivity contribution is 5.94. The number of piperidine rings is 1. The Morgan fingerprint density at radius 2 is 1.82 bits per heavy atom. The minimum Gasteiger partial charge on any atom is -0.356 e. The van der Waals surface area contributed by atoms with E-state index in [1.807, 2.05) is 12.1 Å². The van der Waals surface area contributed by atoms with Crippen molar-refractivity contribution in [3.8, 4) is 0 Å². The number of nitrogens with one attached hydrogen (secondary N) is 1. The number of rotatable bonds is 7. The smallest absolute Gasteiger partial charge is 0.256 e. The van der Waals surface area contributed by atoms with E-state index in [1.165, 1.54) is 12.1 Å². The maximum absolute atomic E-state index is 13.8. The minimum absolute atomic E-state index is 0.0684. The standard InChI is InChI=1S/C22H26FN3O2/c23-20-4-2-1-3-19(20)22(28)26-15-10-17(11-16-26)5-6-21(27)25-14-9-18-7-12-24-13-8-18/h1-4,7-8,12-13,17H,5-6,9-11,14-16H2,(H,25,27). The molecule has 2 aromatic rings. The van der Waals surface area contributed by atoms with Crippen molar-refractivity contribution in [3.05, 3.63) is 65.7 Å². The van der Waals surface area contributed by atoms with Gasteiger partial charge in [0.2, 0.25) is 5.91 Å². The van der Waals surface area contributed by atoms with E-state index in [0.29, 0.717) is 32.0 Å². The second-order valence-electron chi connectivity index (χ2n) is 7.21. The molecule has 2 heterocycles. The summed E-state index contributed by atoms with van der Waals surface area (Å²) in [5.74, 6) is -0.224. The Morgan fingerprint density at radius 3 is 2.54 bits per heavy atom. The van der Waals surface area contributed by atoms with Crippen LogP contribution in [0.2, 0.25) is 0 Å². The van der Waals surface area contributed by atoms with E-state index in [1.54, 1.807) is 29.4 Å². The molecule has 0 bridgehead atoms. The molecule has 3 rings (SSSR count). The summed E-state index contributed by atoms with van der Waals surface area (Å²) in [4.78, 5) is 30.2. The molecule has 28 heavy (non-hydrogen) atoms. The molecule has 0 saturated carbocycles. The SMILES string of the molecule is O=C(CCC1CCN(C(=O)c2ccccc2F)CC1)NCCc1ccncc1. The average Bonchev–Trinajstić information content (AvgIpc) is 2.73. The lowest BCUT2D eigenvalue weighted by Crippen LogP contribution is -2.39. The number of hydrogen-bond acceptors (Lipinski definition) is 3. The van der Waals surface area contributed by atoms with Crippen molar-refractivity contribution in [2.45, 2.75) is 32.1 Å². The van der Waals surface area contributed by atoms with E-state index in [9.17, 15) is 14.0 Å². The van der Waals surface area contributed by atoms with Crippen molar-refractivity contribution in [2.24, 2.45) is 5.92 Å². The van der Waals surface area contributed by atoms with Crippen molar-refractivity contribution in [3.63, 3.8) is 0 Å². The first kappa shape index (κ1) is 20.0. The fraction of sp³-hybridized carbons (Fsp3) is 0.409. The van der Waals surface area contributed by atoms with E-state index in [0.717, 1.165) is 31.2 Å². The number of halogens is 1. The van der Waals surface area contributed by atoms with Crippen LogP contribution in [0.3, 0.4) is 0 Å². The Balaban J connectivity index is 1.34. The van der Waals surface area contributed by atoms with Crippen LogP contribution in [0.1, 0.15) is 41.6 Å². The first-order chi connectivity index (χ1) is 13.6. The highest BCUT2D eigenvalue weighted by atomic mass is 19.1. The molecular formula is C22H26FN3O2. The van der Waals surface area contributed by atoms with Gasteiger partial charge in [0, 0.05) is 38.4 Å². The summed E-state index contributed by atoms with van der Waals surface area (Å²) in [7, 11) is 0. The molecule has 148 valence electrons. The molecule has 5 nitrogen and oxygen atoms in total. The van der Waals surface area contributed by atoms with Gasteiger partial charge in [-0.1, -0.05) is 12.1 Å². The molecule has 0 aliphatic carbocycles. The van der Waals surface area contributed by atoms with Gasteiger partial charge in [0.15, 0.2) is 0 Å². The molecule has 1 saturated heterocycles. The lowest BCUT2D eigenvalue weighted by Gasteiger charge is -2.32. The minimum atomic E-state index is -0.474. The fourth-order valence-corrected chi connectivity index (χ4v) is 3.55. The molecule has 0 spiro atoms. The summed E-state index contributed by atoms with van der Waals surface area (Å²) in [6, 6.07) is 10.00. The third kappa shape index (κ3) is 5.62. The molecule has 0 atom stereocenters. The van der Waals surface area contributed by atoms with Gasteiger partial charge in [0.25, 0.3) is 5.91 Å². The maximum atomic E-state index is 13.8. The number of nitrogens with zero attached hydrogens (tertiary/aromatic N) is 2. The van der Waals surface area contributed by atoms with Crippen LogP contribution in [0.25, 0.3) is 0 Å². The first-order valence-electron chi connectivity index (χ1n) is 9.83. The van der Waals surface area contributed by atoms with Gasteiger partial charge in [0.1, 0.15) is 5.82 Å². The molecule has 1 aliphatic heterocycles. The molecule has 1 fully saturated rings. The van der Waals surface area contributed by atoms with Crippen LogP contribution in [0, 0.1) is 11.7 Å². The average molecular weight is 383 g/mol. The summed E-state index contributed by atoms with van der Waals surface area (Å²) in [5.41, 5.74) is 1.29. The Bertz CT molecular complexity index is 789. The molecule has 6 heteroatoms. The first-order valence-corrected chi connectivity index (χ1v) is 9.83. The van der Waals surface area contributed by atoms with Gasteiger partial charge >= 0.3 is 0 Å². The predicted octanol–water partition coefficient (Wildman–Crippen LogP) is 3.21. The quantitative estimate of drug-likeness (QED) is 0.799. The van der Waals surface area contributed by atoms with Crippen molar-refractivity contribution >= 4 is 11.8 Å². The molecule has 1 aromatic carbocycles. The number of pyridine rings is 1. The van der Waals surface area contributed by atoms with E-state index in [4.69, 9.17) is 0 Å². The van der Waals surface area contributed by atoms with Gasteiger partial charge < -0.3 is 10.2 Å². The normalized spacial score (nSPS) is 14.7. The van der Waals surface area contributed by atoms with Gasteiger partial charge in [-0.25, -0.2) is 4.39 Å². The van der Waals surface area contributed by atoms with Crippen LogP contribution < -0.4 is 5.32 Å². The van der Waals surface area contributed by atoms with E-state index in [-0.39, 0.29) is 17.4 Å². The van der Waals surface area contributed by atoms with E-state index < -0.39 is 5.82 Å². The Kier molecular flexibility index (Phi) is 7.12. The zero-order valence-corrected chi connectivity index (χ0v) is 15.9. The molecule has 1 aliphatic rings. The van der Waals surface area contributed by atoms with Crippen molar-refractivity contribution in [2.75, 3.05) is 19.6 Å². The Hall–Kier alpha value is -2.76. The second kappa shape index (κ2) is 9.97. The summed E-state index contributed by atoms with van der Waals surface area (Å²) in [6.07, 6.45) is 7.33. The fourth-order valence-electron chi connectivity index (χ4n) is 3.55. The third-order valence-corrected chi connectivity index (χ3v) is 5.27. The highest BCUT2D eigenvalue weighted by Gasteiger charge is 2.25. The summed E-state index contributed by atoms with van der Waals surface area (Å²) < 4.78 is 13.8. The van der Waals surface area contributed by atoms with E-state index in [2.05, 4.69) is 10.3 Å². The van der Waals surface area contributed by atoms with Crippen LogP contribution in [0.15, 0.2) is 48.8 Å². The zero-order valence-electron chi connectivity index (χ0n) is 15.9. The molecule has 0 radical (unpaired) electrons. The van der Waals surface area contributed by atoms with Crippen LogP contribution in [0.4, 0.5) is 4.39 Å². The van der Waals surface area contributed by atoms with Crippen molar-refractivity contribution in [1.82, 2.24) is 15.2 Å². The largest absolute Gasteiger partial charge is 0.356 e. The monoisotopic (exact) mass is 383 g/mol. The Labute approximate surface area is 165 Å².